The number of piperazine rings is 1. The number of hydrogen-bond donors (Lipinski definition) is 1. The van der Waals surface area contributed by atoms with Crippen LogP contribution in [-0.4, -0.2) is 59.7 Å². The number of nitrogens with one attached hydrogen (secondary N) is 1. The molecule has 0 aliphatic carbocycles. The number of anilines is 2. The minimum Gasteiger partial charge on any atom is -0.449 e. The van der Waals surface area contributed by atoms with Crippen molar-refractivity contribution < 1.29 is 31.9 Å². The summed E-state index contributed by atoms with van der Waals surface area (Å²) in [5, 5.41) is 2.40. The van der Waals surface area contributed by atoms with Gasteiger partial charge in [-0.25, -0.2) is 14.8 Å². The zero-order chi connectivity index (χ0) is 25.7. The molecule has 1 fully saturated rings. The highest BCUT2D eigenvalue weighted by molar-refractivity contribution is 6.04. The van der Waals surface area contributed by atoms with Gasteiger partial charge < -0.3 is 24.3 Å². The van der Waals surface area contributed by atoms with E-state index in [9.17, 15) is 22.8 Å². The molecule has 190 valence electrons. The van der Waals surface area contributed by atoms with E-state index >= 15 is 0 Å². The number of aromatic nitrogens is 2. The molecule has 0 atom stereocenters. The maximum Gasteiger partial charge on any atom is 0.452 e. The lowest BCUT2D eigenvalue weighted by Crippen LogP contribution is -2.49. The van der Waals surface area contributed by atoms with Crippen molar-refractivity contribution in [2.75, 3.05) is 43.0 Å². The first-order valence-electron chi connectivity index (χ1n) is 11.3. The summed E-state index contributed by atoms with van der Waals surface area (Å²) in [6.45, 7) is 4.32. The van der Waals surface area contributed by atoms with Crippen LogP contribution in [0.5, 0.6) is 0 Å². The smallest absolute Gasteiger partial charge is 0.449 e. The second kappa shape index (κ2) is 10.7. The van der Waals surface area contributed by atoms with Crippen LogP contribution in [0, 0.1) is 0 Å². The molecule has 1 aliphatic heterocycles. The molecule has 1 N–H and O–H groups in total. The molecule has 0 radical (unpaired) electrons. The Morgan fingerprint density at radius 3 is 2.42 bits per heavy atom. The van der Waals surface area contributed by atoms with Gasteiger partial charge in [0, 0.05) is 31.7 Å². The van der Waals surface area contributed by atoms with E-state index in [2.05, 4.69) is 15.3 Å². The van der Waals surface area contributed by atoms with Crippen LogP contribution >= 0.6 is 0 Å². The number of alkyl halides is 3. The molecule has 2 aromatic heterocycles. The highest BCUT2D eigenvalue weighted by atomic mass is 19.4. The van der Waals surface area contributed by atoms with Gasteiger partial charge in [0.15, 0.2) is 5.69 Å². The van der Waals surface area contributed by atoms with Gasteiger partial charge >= 0.3 is 12.3 Å². The van der Waals surface area contributed by atoms with Crippen LogP contribution in [0.25, 0.3) is 11.5 Å². The Morgan fingerprint density at radius 2 is 1.81 bits per heavy atom. The van der Waals surface area contributed by atoms with Crippen molar-refractivity contribution in [3.05, 3.63) is 60.1 Å². The monoisotopic (exact) mass is 503 g/mol. The van der Waals surface area contributed by atoms with E-state index in [1.165, 1.54) is 24.4 Å². The Labute approximate surface area is 204 Å². The molecule has 0 spiro atoms. The van der Waals surface area contributed by atoms with Crippen molar-refractivity contribution >= 4 is 23.5 Å². The van der Waals surface area contributed by atoms with Gasteiger partial charge in [-0.1, -0.05) is 25.1 Å². The second-order valence-corrected chi connectivity index (χ2v) is 8.01. The van der Waals surface area contributed by atoms with Gasteiger partial charge in [-0.3, -0.25) is 4.79 Å². The highest BCUT2D eigenvalue weighted by Crippen LogP contribution is 2.35. The second-order valence-electron chi connectivity index (χ2n) is 8.01. The summed E-state index contributed by atoms with van der Waals surface area (Å²) in [7, 11) is 0. The van der Waals surface area contributed by atoms with E-state index in [1.54, 1.807) is 29.2 Å². The van der Waals surface area contributed by atoms with Gasteiger partial charge in [0.25, 0.3) is 5.91 Å². The first-order valence-corrected chi connectivity index (χ1v) is 11.3. The number of halogens is 3. The SMILES string of the molecule is CCCOC(=O)N1CCN(c2ccc(NC(=O)c3nc(-c4ccccc4)oc3C(F)(F)F)cn2)CC1. The zero-order valence-corrected chi connectivity index (χ0v) is 19.4. The number of carbonyl (C=O) groups is 2. The number of rotatable bonds is 6. The molecule has 0 unspecified atom stereocenters. The largest absolute Gasteiger partial charge is 0.452 e. The van der Waals surface area contributed by atoms with Crippen molar-refractivity contribution in [2.45, 2.75) is 19.5 Å². The molecule has 1 aliphatic rings. The number of carbonyl (C=O) groups excluding carboxylic acids is 2. The Morgan fingerprint density at radius 1 is 1.08 bits per heavy atom. The normalized spacial score (nSPS) is 14.0. The summed E-state index contributed by atoms with van der Waals surface area (Å²) in [6, 6.07) is 11.2. The maximum absolute atomic E-state index is 13.5. The summed E-state index contributed by atoms with van der Waals surface area (Å²) in [4.78, 5) is 36.3. The predicted molar refractivity (Wildman–Crippen MR) is 125 cm³/mol. The third-order valence-electron chi connectivity index (χ3n) is 5.42. The van der Waals surface area contributed by atoms with Crippen LogP contribution in [-0.2, 0) is 10.9 Å². The van der Waals surface area contributed by atoms with Crippen molar-refractivity contribution in [1.82, 2.24) is 14.9 Å². The summed E-state index contributed by atoms with van der Waals surface area (Å²) < 4.78 is 50.6. The third kappa shape index (κ3) is 5.75. The van der Waals surface area contributed by atoms with Crippen LogP contribution in [0.1, 0.15) is 29.6 Å². The van der Waals surface area contributed by atoms with E-state index in [-0.39, 0.29) is 17.7 Å². The predicted octanol–water partition coefficient (Wildman–Crippen LogP) is 4.68. The topological polar surface area (TPSA) is 101 Å². The summed E-state index contributed by atoms with van der Waals surface area (Å²) >= 11 is 0. The van der Waals surface area contributed by atoms with Gasteiger partial charge in [-0.15, -0.1) is 0 Å². The molecular weight excluding hydrogens is 479 g/mol. The fourth-order valence-electron chi connectivity index (χ4n) is 3.61. The molecule has 4 rings (SSSR count). The average molecular weight is 503 g/mol. The van der Waals surface area contributed by atoms with E-state index in [1.807, 2.05) is 11.8 Å². The molecule has 9 nitrogen and oxygen atoms in total. The Kier molecular flexibility index (Phi) is 7.41. The van der Waals surface area contributed by atoms with Gasteiger partial charge in [0.1, 0.15) is 5.82 Å². The minimum atomic E-state index is -4.90. The minimum absolute atomic E-state index is 0.197. The Balaban J connectivity index is 1.42. The number of hydrogen-bond acceptors (Lipinski definition) is 7. The van der Waals surface area contributed by atoms with Gasteiger partial charge in [-0.2, -0.15) is 13.2 Å². The molecule has 0 bridgehead atoms. The number of ether oxygens (including phenoxy) is 1. The van der Waals surface area contributed by atoms with Gasteiger partial charge in [-0.05, 0) is 30.7 Å². The number of nitrogens with zero attached hydrogens (tertiary/aromatic N) is 4. The lowest BCUT2D eigenvalue weighted by Gasteiger charge is -2.34. The van der Waals surface area contributed by atoms with Crippen molar-refractivity contribution in [3.8, 4) is 11.5 Å². The summed E-state index contributed by atoms with van der Waals surface area (Å²) in [5.41, 5.74) is -0.355. The molecule has 2 amide bonds. The molecule has 0 saturated carbocycles. The average Bonchev–Trinajstić information content (AvgIpc) is 3.35. The first kappa shape index (κ1) is 25.0. The Bertz CT molecular complexity index is 1190. The van der Waals surface area contributed by atoms with E-state index in [0.29, 0.717) is 44.2 Å². The maximum atomic E-state index is 13.5. The number of benzene rings is 1. The van der Waals surface area contributed by atoms with Crippen LogP contribution in [0.4, 0.5) is 29.5 Å². The zero-order valence-electron chi connectivity index (χ0n) is 19.4. The molecule has 3 aromatic rings. The lowest BCUT2D eigenvalue weighted by molar-refractivity contribution is -0.153. The van der Waals surface area contributed by atoms with E-state index in [4.69, 9.17) is 9.15 Å². The molecule has 36 heavy (non-hydrogen) atoms. The fraction of sp³-hybridized carbons (Fsp3) is 0.333. The number of pyridine rings is 1. The van der Waals surface area contributed by atoms with Crippen LogP contribution < -0.4 is 10.2 Å². The van der Waals surface area contributed by atoms with Crippen LogP contribution in [0.2, 0.25) is 0 Å². The van der Waals surface area contributed by atoms with E-state index in [0.717, 1.165) is 6.42 Å². The fourth-order valence-corrected chi connectivity index (χ4v) is 3.61. The summed E-state index contributed by atoms with van der Waals surface area (Å²) in [5.74, 6) is -2.24. The summed E-state index contributed by atoms with van der Waals surface area (Å²) in [6.07, 6.45) is -3.15. The first-order chi connectivity index (χ1) is 17.3. The molecule has 12 heteroatoms. The molecular formula is C24H24F3N5O4. The van der Waals surface area contributed by atoms with Gasteiger partial charge in [0.2, 0.25) is 11.7 Å². The van der Waals surface area contributed by atoms with Crippen molar-refractivity contribution in [1.29, 1.82) is 0 Å². The Hall–Kier alpha value is -4.09. The number of oxazole rings is 1. The van der Waals surface area contributed by atoms with Crippen LogP contribution in [0.3, 0.4) is 0 Å². The highest BCUT2D eigenvalue weighted by Gasteiger charge is 2.42. The standard InChI is InChI=1S/C24H24F3N5O4/c1-2-14-35-23(34)32-12-10-31(11-13-32)18-9-8-17(15-28-18)29-21(33)19-20(24(25,26)27)36-22(30-19)16-6-4-3-5-7-16/h3-9,15H,2,10-14H2,1H3,(H,29,33). The lowest BCUT2D eigenvalue weighted by atomic mass is 10.2. The number of amides is 2. The van der Waals surface area contributed by atoms with Crippen LogP contribution in [0.15, 0.2) is 53.1 Å². The van der Waals surface area contributed by atoms with Crippen molar-refractivity contribution in [3.63, 3.8) is 0 Å². The van der Waals surface area contributed by atoms with Crippen molar-refractivity contribution in [2.24, 2.45) is 0 Å². The third-order valence-corrected chi connectivity index (χ3v) is 5.42. The molecule has 3 heterocycles. The van der Waals surface area contributed by atoms with E-state index < -0.39 is 23.5 Å². The molecule has 1 saturated heterocycles. The quantitative estimate of drug-likeness (QED) is 0.521. The molecule has 1 aromatic carbocycles. The van der Waals surface area contributed by atoms with Gasteiger partial charge in [0.05, 0.1) is 18.5 Å².